The summed E-state index contributed by atoms with van der Waals surface area (Å²) in [7, 11) is 2.18. The molecule has 0 radical (unpaired) electrons. The number of likely N-dealkylation sites (N-methyl/N-ethyl adjacent to an activating group) is 1. The molecule has 1 aliphatic heterocycles. The van der Waals surface area contributed by atoms with E-state index in [0.29, 0.717) is 12.6 Å². The van der Waals surface area contributed by atoms with E-state index >= 15 is 0 Å². The lowest BCUT2D eigenvalue weighted by Gasteiger charge is -2.52. The molecule has 1 aromatic rings. The zero-order valence-electron chi connectivity index (χ0n) is 12.9. The number of aryl methyl sites for hydroxylation is 2. The van der Waals surface area contributed by atoms with Crippen LogP contribution in [0.1, 0.15) is 25.0 Å². The van der Waals surface area contributed by atoms with Gasteiger partial charge in [0.15, 0.2) is 0 Å². The van der Waals surface area contributed by atoms with Crippen LogP contribution >= 0.6 is 0 Å². The smallest absolute Gasteiger partial charge is 0.0545 e. The summed E-state index contributed by atoms with van der Waals surface area (Å²) in [5.41, 5.74) is 10.1. The highest BCUT2D eigenvalue weighted by Crippen LogP contribution is 2.31. The molecule has 1 atom stereocenters. The molecule has 0 amide bonds. The van der Waals surface area contributed by atoms with Crippen LogP contribution < -0.4 is 10.6 Å². The van der Waals surface area contributed by atoms with E-state index in [-0.39, 0.29) is 5.54 Å². The van der Waals surface area contributed by atoms with Gasteiger partial charge in [0, 0.05) is 30.9 Å². The summed E-state index contributed by atoms with van der Waals surface area (Å²) in [5, 5.41) is 0. The minimum absolute atomic E-state index is 0.110. The van der Waals surface area contributed by atoms with Crippen molar-refractivity contribution < 1.29 is 0 Å². The number of hydrogen-bond acceptors (Lipinski definition) is 3. The van der Waals surface area contributed by atoms with Gasteiger partial charge in [-0.05, 0) is 58.0 Å². The maximum Gasteiger partial charge on any atom is 0.0545 e. The van der Waals surface area contributed by atoms with Crippen molar-refractivity contribution in [2.45, 2.75) is 39.3 Å². The molecule has 1 aromatic carbocycles. The Morgan fingerprint density at radius 1 is 1.26 bits per heavy atom. The first-order chi connectivity index (χ1) is 8.85. The molecule has 19 heavy (non-hydrogen) atoms. The summed E-state index contributed by atoms with van der Waals surface area (Å²) < 4.78 is 0. The van der Waals surface area contributed by atoms with Crippen molar-refractivity contribution in [3.05, 3.63) is 29.3 Å². The number of benzene rings is 1. The molecule has 0 saturated carbocycles. The van der Waals surface area contributed by atoms with Crippen LogP contribution in [0, 0.1) is 13.8 Å². The Morgan fingerprint density at radius 3 is 2.53 bits per heavy atom. The second kappa shape index (κ2) is 5.14. The van der Waals surface area contributed by atoms with Crippen LogP contribution in [0.15, 0.2) is 18.2 Å². The second-order valence-electron chi connectivity index (χ2n) is 6.54. The van der Waals surface area contributed by atoms with Crippen molar-refractivity contribution in [3.8, 4) is 0 Å². The Bertz CT molecular complexity index is 453. The molecule has 0 aromatic heterocycles. The van der Waals surface area contributed by atoms with Crippen molar-refractivity contribution in [1.29, 1.82) is 0 Å². The van der Waals surface area contributed by atoms with E-state index in [2.05, 4.69) is 62.7 Å². The summed E-state index contributed by atoms with van der Waals surface area (Å²) in [5.74, 6) is 0. The third-order valence-electron chi connectivity index (χ3n) is 4.24. The molecule has 2 rings (SSSR count). The van der Waals surface area contributed by atoms with Gasteiger partial charge in [-0.3, -0.25) is 0 Å². The molecule has 1 aliphatic rings. The first kappa shape index (κ1) is 14.4. The van der Waals surface area contributed by atoms with Crippen LogP contribution in [0.3, 0.4) is 0 Å². The predicted octanol–water partition coefficient (Wildman–Crippen LogP) is 2.16. The summed E-state index contributed by atoms with van der Waals surface area (Å²) in [6.07, 6.45) is 0. The van der Waals surface area contributed by atoms with Crippen LogP contribution in [0.2, 0.25) is 0 Å². The molecule has 1 heterocycles. The molecule has 0 bridgehead atoms. The van der Waals surface area contributed by atoms with E-state index in [0.717, 1.165) is 13.1 Å². The molecular weight excluding hydrogens is 234 g/mol. The molecule has 1 unspecified atom stereocenters. The molecule has 106 valence electrons. The number of anilines is 1. The minimum atomic E-state index is 0.110. The van der Waals surface area contributed by atoms with E-state index in [4.69, 9.17) is 5.73 Å². The normalized spacial score (nSPS) is 23.7. The van der Waals surface area contributed by atoms with Gasteiger partial charge in [0.25, 0.3) is 0 Å². The van der Waals surface area contributed by atoms with Gasteiger partial charge in [-0.2, -0.15) is 0 Å². The molecule has 1 fully saturated rings. The second-order valence-corrected chi connectivity index (χ2v) is 6.54. The molecule has 3 heteroatoms. The fourth-order valence-corrected chi connectivity index (χ4v) is 3.35. The largest absolute Gasteiger partial charge is 0.360 e. The Kier molecular flexibility index (Phi) is 3.88. The van der Waals surface area contributed by atoms with E-state index in [9.17, 15) is 0 Å². The summed E-state index contributed by atoms with van der Waals surface area (Å²) in [6, 6.07) is 7.13. The van der Waals surface area contributed by atoms with Gasteiger partial charge in [0.05, 0.1) is 6.04 Å². The SMILES string of the molecule is Cc1ccc(N2C(CN)CN(C)CC2(C)C)cc1C. The van der Waals surface area contributed by atoms with Crippen LogP contribution in [0.25, 0.3) is 0 Å². The van der Waals surface area contributed by atoms with Crippen molar-refractivity contribution in [3.63, 3.8) is 0 Å². The van der Waals surface area contributed by atoms with Crippen molar-refractivity contribution >= 4 is 5.69 Å². The number of nitrogens with zero attached hydrogens (tertiary/aromatic N) is 2. The lowest BCUT2D eigenvalue weighted by atomic mass is 9.93. The van der Waals surface area contributed by atoms with Gasteiger partial charge in [-0.25, -0.2) is 0 Å². The van der Waals surface area contributed by atoms with Crippen molar-refractivity contribution in [2.75, 3.05) is 31.6 Å². The van der Waals surface area contributed by atoms with Gasteiger partial charge in [-0.1, -0.05) is 6.07 Å². The van der Waals surface area contributed by atoms with Crippen molar-refractivity contribution in [1.82, 2.24) is 4.90 Å². The van der Waals surface area contributed by atoms with E-state index in [1.54, 1.807) is 0 Å². The van der Waals surface area contributed by atoms with Crippen LogP contribution in [0.4, 0.5) is 5.69 Å². The topological polar surface area (TPSA) is 32.5 Å². The lowest BCUT2D eigenvalue weighted by Crippen LogP contribution is -2.65. The fourth-order valence-electron chi connectivity index (χ4n) is 3.35. The molecule has 3 nitrogen and oxygen atoms in total. The summed E-state index contributed by atoms with van der Waals surface area (Å²) in [4.78, 5) is 4.90. The quantitative estimate of drug-likeness (QED) is 0.885. The van der Waals surface area contributed by atoms with Gasteiger partial charge < -0.3 is 15.5 Å². The summed E-state index contributed by atoms with van der Waals surface area (Å²) in [6.45, 7) is 11.7. The third-order valence-corrected chi connectivity index (χ3v) is 4.24. The van der Waals surface area contributed by atoms with E-state index in [1.807, 2.05) is 0 Å². The molecular formula is C16H27N3. The Balaban J connectivity index is 2.40. The van der Waals surface area contributed by atoms with E-state index in [1.165, 1.54) is 16.8 Å². The fraction of sp³-hybridized carbons (Fsp3) is 0.625. The van der Waals surface area contributed by atoms with Crippen LogP contribution in [-0.4, -0.2) is 43.2 Å². The molecule has 0 spiro atoms. The standard InChI is InChI=1S/C16H27N3/c1-12-6-7-14(8-13(12)2)19-15(9-17)10-18(5)11-16(19,3)4/h6-8,15H,9-11,17H2,1-5H3. The zero-order valence-corrected chi connectivity index (χ0v) is 12.9. The minimum Gasteiger partial charge on any atom is -0.360 e. The van der Waals surface area contributed by atoms with Gasteiger partial charge in [0.2, 0.25) is 0 Å². The zero-order chi connectivity index (χ0) is 14.2. The Hall–Kier alpha value is -1.06. The highest BCUT2D eigenvalue weighted by atomic mass is 15.3. The number of piperazine rings is 1. The average Bonchev–Trinajstić information content (AvgIpc) is 2.31. The van der Waals surface area contributed by atoms with Crippen LogP contribution in [-0.2, 0) is 0 Å². The highest BCUT2D eigenvalue weighted by Gasteiger charge is 2.38. The Labute approximate surface area is 117 Å². The van der Waals surface area contributed by atoms with E-state index < -0.39 is 0 Å². The number of rotatable bonds is 2. The Morgan fingerprint density at radius 2 is 1.95 bits per heavy atom. The van der Waals surface area contributed by atoms with Crippen LogP contribution in [0.5, 0.6) is 0 Å². The predicted molar refractivity (Wildman–Crippen MR) is 82.8 cm³/mol. The molecule has 1 saturated heterocycles. The highest BCUT2D eigenvalue weighted by molar-refractivity contribution is 5.54. The maximum atomic E-state index is 6.01. The number of nitrogens with two attached hydrogens (primary N) is 1. The molecule has 2 N–H and O–H groups in total. The summed E-state index contributed by atoms with van der Waals surface area (Å²) >= 11 is 0. The molecule has 0 aliphatic carbocycles. The lowest BCUT2D eigenvalue weighted by molar-refractivity contribution is 0.182. The third kappa shape index (κ3) is 2.77. The van der Waals surface area contributed by atoms with Gasteiger partial charge in [0.1, 0.15) is 0 Å². The monoisotopic (exact) mass is 261 g/mol. The van der Waals surface area contributed by atoms with Gasteiger partial charge >= 0.3 is 0 Å². The van der Waals surface area contributed by atoms with Gasteiger partial charge in [-0.15, -0.1) is 0 Å². The first-order valence-corrected chi connectivity index (χ1v) is 7.10. The number of hydrogen-bond donors (Lipinski definition) is 1. The average molecular weight is 261 g/mol. The first-order valence-electron chi connectivity index (χ1n) is 7.10. The maximum absolute atomic E-state index is 6.01. The van der Waals surface area contributed by atoms with Crippen molar-refractivity contribution in [2.24, 2.45) is 5.73 Å².